The van der Waals surface area contributed by atoms with Crippen molar-refractivity contribution in [3.8, 4) is 17.5 Å². The lowest BCUT2D eigenvalue weighted by atomic mass is 10.2. The summed E-state index contributed by atoms with van der Waals surface area (Å²) in [6, 6.07) is 5.62. The molecule has 0 saturated heterocycles. The molecule has 1 aromatic carbocycles. The SMILES string of the molecule is C[C@@H](C#N)NC(=O)c1coc(-c2ccc(Br)cc2F)n1. The number of halogens is 2. The van der Waals surface area contributed by atoms with E-state index in [-0.39, 0.29) is 17.1 Å². The Morgan fingerprint density at radius 1 is 1.60 bits per heavy atom. The molecule has 1 amide bonds. The van der Waals surface area contributed by atoms with Crippen molar-refractivity contribution in [1.29, 1.82) is 5.26 Å². The van der Waals surface area contributed by atoms with E-state index in [1.165, 1.54) is 19.1 Å². The third-order valence-corrected chi connectivity index (χ3v) is 2.93. The number of aromatic nitrogens is 1. The third kappa shape index (κ3) is 3.03. The van der Waals surface area contributed by atoms with E-state index in [9.17, 15) is 9.18 Å². The maximum Gasteiger partial charge on any atom is 0.274 e. The van der Waals surface area contributed by atoms with Crippen LogP contribution in [0.25, 0.3) is 11.5 Å². The van der Waals surface area contributed by atoms with Gasteiger partial charge in [-0.3, -0.25) is 4.79 Å². The molecule has 1 atom stereocenters. The van der Waals surface area contributed by atoms with Gasteiger partial charge in [0.15, 0.2) is 5.69 Å². The Bertz CT molecular complexity index is 693. The van der Waals surface area contributed by atoms with Crippen LogP contribution < -0.4 is 5.32 Å². The van der Waals surface area contributed by atoms with Crippen molar-refractivity contribution < 1.29 is 13.6 Å². The number of nitrogens with one attached hydrogen (secondary N) is 1. The molecule has 0 fully saturated rings. The highest BCUT2D eigenvalue weighted by Crippen LogP contribution is 2.24. The number of oxazole rings is 1. The second-order valence-electron chi connectivity index (χ2n) is 3.99. The normalized spacial score (nSPS) is 11.7. The molecule has 5 nitrogen and oxygen atoms in total. The predicted octanol–water partition coefficient (Wildman–Crippen LogP) is 2.89. The summed E-state index contributed by atoms with van der Waals surface area (Å²) in [5, 5.41) is 11.0. The van der Waals surface area contributed by atoms with Crippen LogP contribution in [-0.2, 0) is 0 Å². The summed E-state index contributed by atoms with van der Waals surface area (Å²) in [7, 11) is 0. The first-order valence-corrected chi connectivity index (χ1v) is 6.42. The molecule has 1 heterocycles. The molecular formula is C13H9BrFN3O2. The second-order valence-corrected chi connectivity index (χ2v) is 4.90. The number of carbonyl (C=O) groups excluding carboxylic acids is 1. The molecule has 0 bridgehead atoms. The smallest absolute Gasteiger partial charge is 0.274 e. The molecular weight excluding hydrogens is 329 g/mol. The van der Waals surface area contributed by atoms with Crippen LogP contribution in [0.4, 0.5) is 4.39 Å². The van der Waals surface area contributed by atoms with Crippen LogP contribution in [0.3, 0.4) is 0 Å². The highest BCUT2D eigenvalue weighted by Gasteiger charge is 2.17. The van der Waals surface area contributed by atoms with Crippen molar-refractivity contribution in [2.45, 2.75) is 13.0 Å². The number of hydrogen-bond acceptors (Lipinski definition) is 4. The van der Waals surface area contributed by atoms with E-state index in [2.05, 4.69) is 26.2 Å². The van der Waals surface area contributed by atoms with Crippen LogP contribution in [-0.4, -0.2) is 16.9 Å². The fraction of sp³-hybridized carbons (Fsp3) is 0.154. The number of amides is 1. The summed E-state index contributed by atoms with van der Waals surface area (Å²) >= 11 is 3.15. The quantitative estimate of drug-likeness (QED) is 0.933. The van der Waals surface area contributed by atoms with Crippen molar-refractivity contribution in [2.75, 3.05) is 0 Å². The maximum atomic E-state index is 13.7. The molecule has 1 aromatic heterocycles. The Morgan fingerprint density at radius 3 is 3.00 bits per heavy atom. The molecule has 2 aromatic rings. The molecule has 1 N–H and O–H groups in total. The topological polar surface area (TPSA) is 78.9 Å². The van der Waals surface area contributed by atoms with E-state index in [0.29, 0.717) is 4.47 Å². The zero-order valence-corrected chi connectivity index (χ0v) is 11.9. The molecule has 0 spiro atoms. The van der Waals surface area contributed by atoms with Gasteiger partial charge in [0.1, 0.15) is 18.1 Å². The van der Waals surface area contributed by atoms with Gasteiger partial charge in [-0.05, 0) is 25.1 Å². The van der Waals surface area contributed by atoms with Gasteiger partial charge in [0.2, 0.25) is 5.89 Å². The van der Waals surface area contributed by atoms with Crippen LogP contribution in [0, 0.1) is 17.1 Å². The standard InChI is InChI=1S/C13H9BrFN3O2/c1-7(5-16)17-12(19)11-6-20-13(18-11)9-3-2-8(14)4-10(9)15/h2-4,6-7H,1H3,(H,17,19)/t7-/m0/s1. The van der Waals surface area contributed by atoms with Gasteiger partial charge in [-0.1, -0.05) is 15.9 Å². The zero-order chi connectivity index (χ0) is 14.7. The molecule has 0 aliphatic carbocycles. The van der Waals surface area contributed by atoms with Crippen molar-refractivity contribution in [3.63, 3.8) is 0 Å². The van der Waals surface area contributed by atoms with Crippen LogP contribution >= 0.6 is 15.9 Å². The van der Waals surface area contributed by atoms with Gasteiger partial charge < -0.3 is 9.73 Å². The summed E-state index contributed by atoms with van der Waals surface area (Å²) in [6.07, 6.45) is 1.12. The zero-order valence-electron chi connectivity index (χ0n) is 10.4. The first-order valence-electron chi connectivity index (χ1n) is 5.62. The molecule has 20 heavy (non-hydrogen) atoms. The van der Waals surface area contributed by atoms with Crippen LogP contribution in [0.15, 0.2) is 33.4 Å². The van der Waals surface area contributed by atoms with E-state index in [1.807, 2.05) is 6.07 Å². The molecule has 0 unspecified atom stereocenters. The van der Waals surface area contributed by atoms with Gasteiger partial charge in [0.05, 0.1) is 11.6 Å². The average molecular weight is 338 g/mol. The number of rotatable bonds is 3. The number of nitrogens with zero attached hydrogens (tertiary/aromatic N) is 2. The van der Waals surface area contributed by atoms with Gasteiger partial charge in [-0.15, -0.1) is 0 Å². The number of carbonyl (C=O) groups is 1. The molecule has 0 aliphatic rings. The summed E-state index contributed by atoms with van der Waals surface area (Å²) in [5.41, 5.74) is 0.144. The largest absolute Gasteiger partial charge is 0.444 e. The van der Waals surface area contributed by atoms with Gasteiger partial charge in [-0.25, -0.2) is 9.37 Å². The van der Waals surface area contributed by atoms with Crippen LogP contribution in [0.1, 0.15) is 17.4 Å². The number of hydrogen-bond donors (Lipinski definition) is 1. The first kappa shape index (κ1) is 14.2. The molecule has 0 saturated carbocycles. The van der Waals surface area contributed by atoms with Crippen molar-refractivity contribution >= 4 is 21.8 Å². The minimum atomic E-state index is -0.646. The van der Waals surface area contributed by atoms with E-state index in [1.54, 1.807) is 6.07 Å². The average Bonchev–Trinajstić information content (AvgIpc) is 2.88. The van der Waals surface area contributed by atoms with E-state index in [0.717, 1.165) is 6.26 Å². The molecule has 0 radical (unpaired) electrons. The fourth-order valence-electron chi connectivity index (χ4n) is 1.47. The van der Waals surface area contributed by atoms with E-state index >= 15 is 0 Å². The monoisotopic (exact) mass is 337 g/mol. The fourth-order valence-corrected chi connectivity index (χ4v) is 1.80. The summed E-state index contributed by atoms with van der Waals surface area (Å²) < 4.78 is 19.4. The van der Waals surface area contributed by atoms with Crippen molar-refractivity contribution in [3.05, 3.63) is 40.4 Å². The molecule has 2 rings (SSSR count). The van der Waals surface area contributed by atoms with Gasteiger partial charge in [0, 0.05) is 4.47 Å². The lowest BCUT2D eigenvalue weighted by Gasteiger charge is -2.02. The number of nitriles is 1. The second kappa shape index (κ2) is 5.84. The van der Waals surface area contributed by atoms with E-state index in [4.69, 9.17) is 9.68 Å². The van der Waals surface area contributed by atoms with Gasteiger partial charge in [-0.2, -0.15) is 5.26 Å². The highest BCUT2D eigenvalue weighted by molar-refractivity contribution is 9.10. The van der Waals surface area contributed by atoms with Crippen molar-refractivity contribution in [2.24, 2.45) is 0 Å². The summed E-state index contributed by atoms with van der Waals surface area (Å²) in [6.45, 7) is 1.54. The lowest BCUT2D eigenvalue weighted by molar-refractivity contribution is 0.0943. The van der Waals surface area contributed by atoms with Crippen LogP contribution in [0.2, 0.25) is 0 Å². The van der Waals surface area contributed by atoms with Crippen molar-refractivity contribution in [1.82, 2.24) is 10.3 Å². The minimum Gasteiger partial charge on any atom is -0.444 e. The predicted molar refractivity (Wildman–Crippen MR) is 72.1 cm³/mol. The molecule has 102 valence electrons. The number of benzene rings is 1. The Hall–Kier alpha value is -2.20. The third-order valence-electron chi connectivity index (χ3n) is 2.44. The van der Waals surface area contributed by atoms with Gasteiger partial charge >= 0.3 is 0 Å². The Labute approximate surface area is 122 Å². The van der Waals surface area contributed by atoms with E-state index < -0.39 is 17.8 Å². The molecule has 0 aliphatic heterocycles. The summed E-state index contributed by atoms with van der Waals surface area (Å²) in [4.78, 5) is 15.6. The Kier molecular flexibility index (Phi) is 4.15. The van der Waals surface area contributed by atoms with Crippen LogP contribution in [0.5, 0.6) is 0 Å². The van der Waals surface area contributed by atoms with Gasteiger partial charge in [0.25, 0.3) is 5.91 Å². The Balaban J connectivity index is 2.25. The minimum absolute atomic E-state index is 0.00441. The highest BCUT2D eigenvalue weighted by atomic mass is 79.9. The maximum absolute atomic E-state index is 13.7. The summed E-state index contributed by atoms with van der Waals surface area (Å²) in [5.74, 6) is -1.06. The molecule has 7 heteroatoms. The Morgan fingerprint density at radius 2 is 2.35 bits per heavy atom. The first-order chi connectivity index (χ1) is 9.51. The lowest BCUT2D eigenvalue weighted by Crippen LogP contribution is -2.31.